The lowest BCUT2D eigenvalue weighted by molar-refractivity contribution is -0.151. The first-order valence-electron chi connectivity index (χ1n) is 17.0. The molecule has 5 rings (SSSR count). The van der Waals surface area contributed by atoms with Crippen molar-refractivity contribution in [3.63, 3.8) is 0 Å². The average Bonchev–Trinajstić information content (AvgIpc) is 3.22. The van der Waals surface area contributed by atoms with E-state index in [1.807, 2.05) is 0 Å². The van der Waals surface area contributed by atoms with Crippen molar-refractivity contribution in [2.45, 2.75) is 131 Å². The maximum absolute atomic E-state index is 11.7. The van der Waals surface area contributed by atoms with Crippen LogP contribution in [-0.2, 0) is 9.53 Å². The molecule has 0 aromatic carbocycles. The summed E-state index contributed by atoms with van der Waals surface area (Å²) in [4.78, 5) is 11.7. The van der Waals surface area contributed by atoms with E-state index in [0.717, 1.165) is 54.8 Å². The lowest BCUT2D eigenvalue weighted by Crippen LogP contribution is -2.51. The van der Waals surface area contributed by atoms with Gasteiger partial charge >= 0.3 is 5.97 Å². The first-order chi connectivity index (χ1) is 19.0. The van der Waals surface area contributed by atoms with Gasteiger partial charge in [-0.1, -0.05) is 78.5 Å². The van der Waals surface area contributed by atoms with Crippen LogP contribution in [-0.4, -0.2) is 30.3 Å². The Morgan fingerprint density at radius 3 is 2.52 bits per heavy atom. The first kappa shape index (κ1) is 30.2. The highest BCUT2D eigenvalue weighted by Gasteiger charge is 2.59. The summed E-state index contributed by atoms with van der Waals surface area (Å²) >= 11 is 0. The molecular weight excluding hydrogens is 494 g/mol. The van der Waals surface area contributed by atoms with Crippen LogP contribution in [0.5, 0.6) is 0 Å². The molecular formula is C36H59NO3. The van der Waals surface area contributed by atoms with E-state index in [0.29, 0.717) is 48.6 Å². The van der Waals surface area contributed by atoms with Crippen LogP contribution in [0, 0.1) is 51.8 Å². The van der Waals surface area contributed by atoms with Gasteiger partial charge in [0.1, 0.15) is 5.41 Å². The zero-order valence-corrected chi connectivity index (χ0v) is 26.4. The minimum Gasteiger partial charge on any atom is -0.481 e. The van der Waals surface area contributed by atoms with E-state index in [1.165, 1.54) is 57.8 Å². The molecule has 0 aromatic heterocycles. The Bertz CT molecular complexity index is 965. The molecule has 4 heteroatoms. The smallest absolute Gasteiger partial charge is 0.315 e. The normalized spacial score (nSPS) is 38.9. The Balaban J connectivity index is 1.14. The van der Waals surface area contributed by atoms with Gasteiger partial charge in [-0.2, -0.15) is 0 Å². The number of nitrogens with one attached hydrogen (secondary N) is 1. The number of aliphatic carboxylic acids is 1. The van der Waals surface area contributed by atoms with Crippen molar-refractivity contribution in [3.05, 3.63) is 23.9 Å². The zero-order valence-electron chi connectivity index (χ0n) is 26.4. The van der Waals surface area contributed by atoms with Gasteiger partial charge in [-0.3, -0.25) is 4.79 Å². The third-order valence-electron chi connectivity index (χ3n) is 13.2. The summed E-state index contributed by atoms with van der Waals surface area (Å²) in [7, 11) is 0. The molecule has 8 atom stereocenters. The van der Waals surface area contributed by atoms with Gasteiger partial charge in [0, 0.05) is 12.2 Å². The predicted octanol–water partition coefficient (Wildman–Crippen LogP) is 8.77. The molecule has 2 N–H and O–H groups in total. The van der Waals surface area contributed by atoms with Gasteiger partial charge in [0.05, 0.1) is 12.7 Å². The molecule has 0 aromatic rings. The largest absolute Gasteiger partial charge is 0.481 e. The molecule has 0 aliphatic heterocycles. The van der Waals surface area contributed by atoms with E-state index in [9.17, 15) is 9.90 Å². The van der Waals surface area contributed by atoms with E-state index >= 15 is 0 Å². The fraction of sp³-hybridized carbons (Fsp3) is 0.861. The highest BCUT2D eigenvalue weighted by Crippen LogP contribution is 2.67. The third kappa shape index (κ3) is 5.33. The molecule has 0 saturated heterocycles. The molecule has 5 aliphatic rings. The van der Waals surface area contributed by atoms with Crippen molar-refractivity contribution in [2.75, 3.05) is 13.2 Å². The summed E-state index contributed by atoms with van der Waals surface area (Å²) in [6.07, 6.45) is 20.1. The number of carboxylic acids is 1. The second kappa shape index (κ2) is 11.8. The van der Waals surface area contributed by atoms with Gasteiger partial charge in [-0.25, -0.2) is 0 Å². The molecule has 4 saturated carbocycles. The van der Waals surface area contributed by atoms with Crippen LogP contribution in [0.3, 0.4) is 0 Å². The van der Waals surface area contributed by atoms with Crippen molar-refractivity contribution in [3.8, 4) is 0 Å². The summed E-state index contributed by atoms with van der Waals surface area (Å²) in [5.74, 6) is 4.53. The Labute approximate surface area is 245 Å². The second-order valence-corrected chi connectivity index (χ2v) is 15.7. The van der Waals surface area contributed by atoms with Crippen LogP contribution in [0.25, 0.3) is 0 Å². The molecule has 226 valence electrons. The molecule has 40 heavy (non-hydrogen) atoms. The topological polar surface area (TPSA) is 58.6 Å². The SMILES string of the molecule is C=C(NCCOC1CC[C@@]2(C)C(=CCC3C2CC[C@@]2(C)C3CC[C@@H]2[C@H](C)CCCC(C)C)C1)C1(C(=O)O)CCC1. The summed E-state index contributed by atoms with van der Waals surface area (Å²) < 4.78 is 6.37. The first-order valence-corrected chi connectivity index (χ1v) is 17.0. The van der Waals surface area contributed by atoms with Gasteiger partial charge in [0.2, 0.25) is 0 Å². The van der Waals surface area contributed by atoms with E-state index in [-0.39, 0.29) is 0 Å². The molecule has 4 nitrogen and oxygen atoms in total. The molecule has 5 aliphatic carbocycles. The van der Waals surface area contributed by atoms with Crippen molar-refractivity contribution >= 4 is 5.97 Å². The minimum absolute atomic E-state index is 0.291. The number of carboxylic acid groups (broad SMARTS) is 1. The van der Waals surface area contributed by atoms with E-state index in [1.54, 1.807) is 5.57 Å². The molecule has 0 heterocycles. The zero-order chi connectivity index (χ0) is 28.7. The van der Waals surface area contributed by atoms with E-state index < -0.39 is 11.4 Å². The van der Waals surface area contributed by atoms with E-state index in [2.05, 4.69) is 52.6 Å². The van der Waals surface area contributed by atoms with E-state index in [4.69, 9.17) is 4.74 Å². The maximum Gasteiger partial charge on any atom is 0.315 e. The second-order valence-electron chi connectivity index (χ2n) is 15.7. The average molecular weight is 554 g/mol. The van der Waals surface area contributed by atoms with Crippen molar-refractivity contribution in [1.29, 1.82) is 0 Å². The van der Waals surface area contributed by atoms with Crippen molar-refractivity contribution in [2.24, 2.45) is 51.8 Å². The van der Waals surface area contributed by atoms with Crippen LogP contribution in [0.15, 0.2) is 23.9 Å². The monoisotopic (exact) mass is 553 g/mol. The van der Waals surface area contributed by atoms with Crippen LogP contribution in [0.4, 0.5) is 0 Å². The highest BCUT2D eigenvalue weighted by molar-refractivity contribution is 5.79. The Morgan fingerprint density at radius 2 is 1.85 bits per heavy atom. The summed E-state index contributed by atoms with van der Waals surface area (Å²) in [6.45, 7) is 17.9. The standard InChI is InChI=1S/C36H59NO3/c1-24(2)9-7-10-25(3)30-13-14-31-29-12-11-27-23-28(15-19-34(27,5)32(29)16-20-35(30,31)6)40-22-21-37-26(4)36(33(38)39)17-8-18-36/h11,24-25,28-32,37H,4,7-10,12-23H2,1-3,5-6H3,(H,38,39)/t25-,28?,29?,30-,31?,32?,34+,35-/m1/s1. The summed E-state index contributed by atoms with van der Waals surface area (Å²) in [6, 6.07) is 0. The highest BCUT2D eigenvalue weighted by atomic mass is 16.5. The molecule has 4 unspecified atom stereocenters. The quantitative estimate of drug-likeness (QED) is 0.187. The molecule has 4 fully saturated rings. The van der Waals surface area contributed by atoms with Gasteiger partial charge in [-0.15, -0.1) is 0 Å². The third-order valence-corrected chi connectivity index (χ3v) is 13.2. The number of carbonyl (C=O) groups is 1. The van der Waals surface area contributed by atoms with Gasteiger partial charge < -0.3 is 15.2 Å². The fourth-order valence-corrected chi connectivity index (χ4v) is 10.6. The van der Waals surface area contributed by atoms with Crippen LogP contribution < -0.4 is 5.32 Å². The van der Waals surface area contributed by atoms with Gasteiger partial charge in [0.15, 0.2) is 0 Å². The number of fused-ring (bicyclic) bond motifs is 5. The summed E-state index contributed by atoms with van der Waals surface area (Å²) in [5, 5.41) is 12.9. The van der Waals surface area contributed by atoms with Crippen LogP contribution in [0.1, 0.15) is 125 Å². The fourth-order valence-electron chi connectivity index (χ4n) is 10.6. The lowest BCUT2D eigenvalue weighted by Gasteiger charge is -2.58. The van der Waals surface area contributed by atoms with Crippen molar-refractivity contribution < 1.29 is 14.6 Å². The Morgan fingerprint density at radius 1 is 1.07 bits per heavy atom. The lowest BCUT2D eigenvalue weighted by atomic mass is 9.47. The number of hydrogen-bond donors (Lipinski definition) is 2. The predicted molar refractivity (Wildman–Crippen MR) is 164 cm³/mol. The molecule has 0 bridgehead atoms. The Hall–Kier alpha value is -1.29. The minimum atomic E-state index is -0.753. The van der Waals surface area contributed by atoms with Crippen LogP contribution >= 0.6 is 0 Å². The molecule has 0 amide bonds. The number of ether oxygens (including phenoxy) is 1. The van der Waals surface area contributed by atoms with Crippen LogP contribution in [0.2, 0.25) is 0 Å². The maximum atomic E-state index is 11.7. The van der Waals surface area contributed by atoms with Gasteiger partial charge in [0.25, 0.3) is 0 Å². The number of rotatable bonds is 12. The number of hydrogen-bond acceptors (Lipinski definition) is 3. The molecule has 0 spiro atoms. The number of allylic oxidation sites excluding steroid dienone is 1. The van der Waals surface area contributed by atoms with Crippen molar-refractivity contribution in [1.82, 2.24) is 5.32 Å². The molecule has 0 radical (unpaired) electrons. The van der Waals surface area contributed by atoms with Gasteiger partial charge in [-0.05, 0) is 111 Å². The summed E-state index contributed by atoms with van der Waals surface area (Å²) in [5.41, 5.74) is 2.50. The Kier molecular flexibility index (Phi) is 8.88.